The first kappa shape index (κ1) is 20.6. The van der Waals surface area contributed by atoms with Gasteiger partial charge in [0.05, 0.1) is 27.4 Å². The molecule has 1 aliphatic carbocycles. The van der Waals surface area contributed by atoms with E-state index in [4.69, 9.17) is 0 Å². The maximum Gasteiger partial charge on any atom is 0.217 e. The molecule has 0 fully saturated rings. The van der Waals surface area contributed by atoms with Crippen LogP contribution in [0.15, 0.2) is 95.3 Å². The minimum absolute atomic E-state index is 0.00228. The smallest absolute Gasteiger partial charge is 0.217 e. The van der Waals surface area contributed by atoms with Gasteiger partial charge in [0.15, 0.2) is 0 Å². The first-order valence-corrected chi connectivity index (χ1v) is 13.6. The summed E-state index contributed by atoms with van der Waals surface area (Å²) < 4.78 is 4.72. The molecule has 4 aromatic carbocycles. The lowest BCUT2D eigenvalue weighted by Gasteiger charge is -2.28. The summed E-state index contributed by atoms with van der Waals surface area (Å²) >= 11 is 0. The Bertz CT molecular complexity index is 2090. The molecule has 0 atom stereocenters. The fraction of sp³-hybridized carbons (Fsp3) is 0.176. The van der Waals surface area contributed by atoms with Gasteiger partial charge in [-0.1, -0.05) is 54.6 Å². The molecule has 4 aliphatic rings. The molecule has 0 spiro atoms. The Hall–Kier alpha value is -4.44. The van der Waals surface area contributed by atoms with Crippen molar-refractivity contribution in [2.75, 3.05) is 6.54 Å². The fourth-order valence-corrected chi connectivity index (χ4v) is 7.65. The third-order valence-corrected chi connectivity index (χ3v) is 9.12. The van der Waals surface area contributed by atoms with Crippen molar-refractivity contribution >= 4 is 55.2 Å². The molecule has 3 aliphatic heterocycles. The number of hydrogen-bond acceptors (Lipinski definition) is 2. The number of hydrogen-bond donors (Lipinski definition) is 1. The number of Topliss-reactive ketones (excluding diaryl/α,β-unsaturated/α-hetero) is 1. The van der Waals surface area contributed by atoms with Crippen LogP contribution in [0.5, 0.6) is 0 Å². The lowest BCUT2D eigenvalue weighted by atomic mass is 9.76. The van der Waals surface area contributed by atoms with Crippen LogP contribution < -0.4 is 5.35 Å². The van der Waals surface area contributed by atoms with Crippen LogP contribution in [0.2, 0.25) is 0 Å². The Morgan fingerprint density at radius 3 is 2.34 bits per heavy atom. The Kier molecular flexibility index (Phi) is 3.85. The van der Waals surface area contributed by atoms with E-state index < -0.39 is 0 Å². The monoisotopic (exact) mass is 493 g/mol. The Labute approximate surface area is 219 Å². The predicted octanol–water partition coefficient (Wildman–Crippen LogP) is 6.24. The van der Waals surface area contributed by atoms with E-state index in [0.717, 1.165) is 61.0 Å². The zero-order valence-corrected chi connectivity index (χ0v) is 20.9. The Morgan fingerprint density at radius 1 is 0.763 bits per heavy atom. The number of ketones is 1. The second-order valence-electron chi connectivity index (χ2n) is 11.0. The topological polar surface area (TPSA) is 45.2 Å². The highest BCUT2D eigenvalue weighted by Gasteiger charge is 2.45. The van der Waals surface area contributed by atoms with Crippen molar-refractivity contribution in [3.63, 3.8) is 0 Å². The average molecular weight is 494 g/mol. The van der Waals surface area contributed by atoms with Crippen molar-refractivity contribution < 1.29 is 14.5 Å². The molecule has 1 N–H and O–H groups in total. The summed E-state index contributed by atoms with van der Waals surface area (Å²) in [7, 11) is 0. The zero-order chi connectivity index (χ0) is 25.1. The van der Waals surface area contributed by atoms with Gasteiger partial charge in [0.1, 0.15) is 12.3 Å². The van der Waals surface area contributed by atoms with Crippen LogP contribution in [0.1, 0.15) is 31.2 Å². The lowest BCUT2D eigenvalue weighted by Crippen LogP contribution is -2.34. The van der Waals surface area contributed by atoms with Gasteiger partial charge < -0.3 is 9.67 Å². The molecule has 38 heavy (non-hydrogen) atoms. The quantitative estimate of drug-likeness (QED) is 0.222. The number of aromatic nitrogens is 1. The van der Waals surface area contributed by atoms with Crippen molar-refractivity contribution in [3.05, 3.63) is 106 Å². The molecule has 0 radical (unpaired) electrons. The minimum Gasteiger partial charge on any atom is -0.506 e. The summed E-state index contributed by atoms with van der Waals surface area (Å²) in [5.74, 6) is 0.192. The maximum atomic E-state index is 14.0. The van der Waals surface area contributed by atoms with E-state index in [0.29, 0.717) is 11.1 Å². The van der Waals surface area contributed by atoms with Gasteiger partial charge in [-0.05, 0) is 47.7 Å². The van der Waals surface area contributed by atoms with Crippen LogP contribution in [-0.2, 0) is 11.3 Å². The van der Waals surface area contributed by atoms with Gasteiger partial charge >= 0.3 is 0 Å². The third kappa shape index (κ3) is 2.37. The number of carbonyl (C=O) groups excluding carboxylic acids is 1. The van der Waals surface area contributed by atoms with Crippen molar-refractivity contribution in [1.82, 2.24) is 4.57 Å². The summed E-state index contributed by atoms with van der Waals surface area (Å²) in [5.41, 5.74) is 7.78. The molecule has 5 aromatic rings. The minimum atomic E-state index is 0.00228. The Morgan fingerprint density at radius 2 is 1.50 bits per heavy atom. The number of benzene rings is 4. The van der Waals surface area contributed by atoms with Crippen LogP contribution in [0.4, 0.5) is 5.69 Å². The average Bonchev–Trinajstić information content (AvgIpc) is 3.46. The molecule has 4 nitrogen and oxygen atoms in total. The SMILES string of the molecule is O=C1C(C2=c3c4cccc5cccc(c54)n3CCC2)=C(O)/C1=C1/CCC[N+]2=C1c1cccc3cccc2c13. The molecule has 9 rings (SSSR count). The van der Waals surface area contributed by atoms with E-state index in [1.54, 1.807) is 0 Å². The number of aryl methyl sites for hydroxylation is 1. The van der Waals surface area contributed by atoms with E-state index in [-0.39, 0.29) is 11.5 Å². The first-order valence-electron chi connectivity index (χ1n) is 13.6. The van der Waals surface area contributed by atoms with Gasteiger partial charge in [0.2, 0.25) is 17.2 Å². The first-order chi connectivity index (χ1) is 18.7. The predicted molar refractivity (Wildman–Crippen MR) is 151 cm³/mol. The van der Waals surface area contributed by atoms with Gasteiger partial charge in [-0.15, -0.1) is 0 Å². The van der Waals surface area contributed by atoms with Crippen LogP contribution in [0.3, 0.4) is 0 Å². The van der Waals surface area contributed by atoms with E-state index in [9.17, 15) is 9.90 Å². The number of carbonyl (C=O) groups is 1. The highest BCUT2D eigenvalue weighted by molar-refractivity contribution is 6.32. The molecule has 4 heteroatoms. The van der Waals surface area contributed by atoms with Gasteiger partial charge in [0, 0.05) is 40.9 Å². The molecular formula is C34H25N2O2+. The second-order valence-corrected chi connectivity index (χ2v) is 11.0. The molecule has 1 aromatic heterocycles. The molecular weight excluding hydrogens is 468 g/mol. The van der Waals surface area contributed by atoms with E-state index >= 15 is 0 Å². The molecule has 0 saturated carbocycles. The molecule has 182 valence electrons. The van der Waals surface area contributed by atoms with E-state index in [1.165, 1.54) is 43.7 Å². The number of fused-ring (bicyclic) bond motifs is 5. The van der Waals surface area contributed by atoms with Crippen molar-refractivity contribution in [3.8, 4) is 0 Å². The van der Waals surface area contributed by atoms with Gasteiger partial charge in [-0.25, -0.2) is 0 Å². The van der Waals surface area contributed by atoms with Gasteiger partial charge in [-0.2, -0.15) is 4.58 Å². The van der Waals surface area contributed by atoms with Crippen molar-refractivity contribution in [2.45, 2.75) is 32.2 Å². The Balaban J connectivity index is 1.31. The third-order valence-electron chi connectivity index (χ3n) is 9.12. The van der Waals surface area contributed by atoms with Gasteiger partial charge in [-0.3, -0.25) is 4.79 Å². The van der Waals surface area contributed by atoms with Crippen molar-refractivity contribution in [2.24, 2.45) is 0 Å². The number of aliphatic hydroxyl groups is 1. The zero-order valence-electron chi connectivity index (χ0n) is 20.9. The van der Waals surface area contributed by atoms with Crippen molar-refractivity contribution in [1.29, 1.82) is 0 Å². The summed E-state index contributed by atoms with van der Waals surface area (Å²) in [6.45, 7) is 1.86. The molecule has 0 amide bonds. The van der Waals surface area contributed by atoms with Crippen LogP contribution in [0, 0.1) is 0 Å². The standard InChI is InChI=1S/C34H24N2O2/c37-33-29(23-13-5-17-35-25-15-3-9-19-7-1-11-21(27(19)25)31(23)35)34(38)30(33)24-14-6-18-36-26-16-4-10-20-8-2-12-22(28(20)26)32(24)36/h1-4,7-12,15-16H,5-6,13-14,17-18H2/p+1. The number of rotatable bonds is 1. The van der Waals surface area contributed by atoms with Crippen LogP contribution in [-0.4, -0.2) is 32.3 Å². The normalized spacial score (nSPS) is 20.6. The molecule has 4 heterocycles. The second kappa shape index (κ2) is 7.11. The highest BCUT2D eigenvalue weighted by atomic mass is 16.3. The number of nitrogens with zero attached hydrogens (tertiary/aromatic N) is 2. The maximum absolute atomic E-state index is 14.0. The largest absolute Gasteiger partial charge is 0.506 e. The summed E-state index contributed by atoms with van der Waals surface area (Å²) in [4.78, 5) is 14.0. The fourth-order valence-electron chi connectivity index (χ4n) is 7.65. The van der Waals surface area contributed by atoms with Crippen LogP contribution >= 0.6 is 0 Å². The number of allylic oxidation sites excluding steroid dienone is 3. The summed E-state index contributed by atoms with van der Waals surface area (Å²) in [5, 5.41) is 18.9. The van der Waals surface area contributed by atoms with Gasteiger partial charge in [0.25, 0.3) is 0 Å². The lowest BCUT2D eigenvalue weighted by molar-refractivity contribution is -0.439. The van der Waals surface area contributed by atoms with Crippen LogP contribution in [0.25, 0.3) is 38.0 Å². The summed E-state index contributed by atoms with van der Waals surface area (Å²) in [6.07, 6.45) is 3.53. The molecule has 0 saturated heterocycles. The summed E-state index contributed by atoms with van der Waals surface area (Å²) in [6, 6.07) is 25.7. The molecule has 0 unspecified atom stereocenters. The number of aliphatic hydroxyl groups excluding tert-OH is 1. The highest BCUT2D eigenvalue weighted by Crippen LogP contribution is 2.45. The van der Waals surface area contributed by atoms with E-state index in [1.807, 2.05) is 0 Å². The molecule has 0 bridgehead atoms. The van der Waals surface area contributed by atoms with E-state index in [2.05, 4.69) is 81.9 Å².